The van der Waals surface area contributed by atoms with E-state index in [9.17, 15) is 5.11 Å². The van der Waals surface area contributed by atoms with Crippen LogP contribution in [0, 0.1) is 6.92 Å². The van der Waals surface area contributed by atoms with Crippen molar-refractivity contribution in [1.29, 1.82) is 0 Å². The molecule has 0 bridgehead atoms. The van der Waals surface area contributed by atoms with Gasteiger partial charge in [-0.25, -0.2) is 4.63 Å². The standard InChI is InChI=1S/C13H16N2O3/c1-3-12(16)10-6-4-5-7-13(10)17-8-11-9(2)14-18-15-11/h4-7,12,16H,3,8H2,1-2H3/t12-/m1/s1. The molecule has 1 atom stereocenters. The molecule has 0 aliphatic carbocycles. The molecule has 0 saturated carbocycles. The fourth-order valence-electron chi connectivity index (χ4n) is 1.63. The molecular weight excluding hydrogens is 232 g/mol. The van der Waals surface area contributed by atoms with Crippen molar-refractivity contribution >= 4 is 0 Å². The third-order valence-corrected chi connectivity index (χ3v) is 2.78. The second kappa shape index (κ2) is 5.64. The Kier molecular flexibility index (Phi) is 3.94. The molecule has 0 radical (unpaired) electrons. The topological polar surface area (TPSA) is 68.4 Å². The number of para-hydroxylation sites is 1. The van der Waals surface area contributed by atoms with Gasteiger partial charge in [0.25, 0.3) is 0 Å². The maximum absolute atomic E-state index is 9.90. The van der Waals surface area contributed by atoms with Crippen molar-refractivity contribution in [3.05, 3.63) is 41.2 Å². The Morgan fingerprint density at radius 2 is 2.11 bits per heavy atom. The molecule has 1 aromatic carbocycles. The molecule has 1 aromatic heterocycles. The predicted molar refractivity (Wildman–Crippen MR) is 65.1 cm³/mol. The Morgan fingerprint density at radius 3 is 2.78 bits per heavy atom. The SMILES string of the molecule is CC[C@@H](O)c1ccccc1OCc1nonc1C. The Balaban J connectivity index is 2.12. The first-order valence-electron chi connectivity index (χ1n) is 5.90. The van der Waals surface area contributed by atoms with E-state index in [0.29, 0.717) is 23.6 Å². The summed E-state index contributed by atoms with van der Waals surface area (Å²) in [5, 5.41) is 17.3. The van der Waals surface area contributed by atoms with Crippen molar-refractivity contribution < 1.29 is 14.5 Å². The van der Waals surface area contributed by atoms with E-state index in [-0.39, 0.29) is 6.61 Å². The number of aliphatic hydroxyl groups excluding tert-OH is 1. The lowest BCUT2D eigenvalue weighted by Gasteiger charge is -2.14. The number of aryl methyl sites for hydroxylation is 1. The van der Waals surface area contributed by atoms with Gasteiger partial charge < -0.3 is 9.84 Å². The van der Waals surface area contributed by atoms with E-state index in [1.807, 2.05) is 38.1 Å². The van der Waals surface area contributed by atoms with Crippen LogP contribution in [-0.2, 0) is 6.61 Å². The van der Waals surface area contributed by atoms with Crippen LogP contribution < -0.4 is 4.74 Å². The fourth-order valence-corrected chi connectivity index (χ4v) is 1.63. The van der Waals surface area contributed by atoms with Gasteiger partial charge >= 0.3 is 0 Å². The first-order valence-corrected chi connectivity index (χ1v) is 5.90. The van der Waals surface area contributed by atoms with Gasteiger partial charge in [0.1, 0.15) is 23.7 Å². The molecular formula is C13H16N2O3. The van der Waals surface area contributed by atoms with Crippen LogP contribution in [0.15, 0.2) is 28.9 Å². The molecule has 96 valence electrons. The number of benzene rings is 1. The molecule has 2 aromatic rings. The summed E-state index contributed by atoms with van der Waals surface area (Å²) in [6, 6.07) is 7.44. The summed E-state index contributed by atoms with van der Waals surface area (Å²) in [6.45, 7) is 4.01. The summed E-state index contributed by atoms with van der Waals surface area (Å²) in [4.78, 5) is 0. The van der Waals surface area contributed by atoms with Crippen LogP contribution in [0.25, 0.3) is 0 Å². The molecule has 0 saturated heterocycles. The van der Waals surface area contributed by atoms with Gasteiger partial charge in [-0.05, 0) is 19.4 Å². The van der Waals surface area contributed by atoms with Gasteiger partial charge in [-0.3, -0.25) is 0 Å². The minimum absolute atomic E-state index is 0.281. The molecule has 18 heavy (non-hydrogen) atoms. The normalized spacial score (nSPS) is 12.4. The number of nitrogens with zero attached hydrogens (tertiary/aromatic N) is 2. The average Bonchev–Trinajstić information content (AvgIpc) is 2.81. The number of hydrogen-bond acceptors (Lipinski definition) is 5. The van der Waals surface area contributed by atoms with Gasteiger partial charge in [-0.1, -0.05) is 35.4 Å². The van der Waals surface area contributed by atoms with Crippen molar-refractivity contribution in [3.8, 4) is 5.75 Å². The number of aliphatic hydroxyl groups is 1. The van der Waals surface area contributed by atoms with Gasteiger partial charge in [-0.15, -0.1) is 0 Å². The second-order valence-corrected chi connectivity index (χ2v) is 4.05. The monoisotopic (exact) mass is 248 g/mol. The van der Waals surface area contributed by atoms with Crippen LogP contribution in [0.3, 0.4) is 0 Å². The molecule has 0 fully saturated rings. The summed E-state index contributed by atoms with van der Waals surface area (Å²) in [5.41, 5.74) is 2.16. The van der Waals surface area contributed by atoms with Crippen molar-refractivity contribution in [3.63, 3.8) is 0 Å². The maximum Gasteiger partial charge on any atom is 0.145 e. The molecule has 5 nitrogen and oxygen atoms in total. The lowest BCUT2D eigenvalue weighted by molar-refractivity contribution is 0.166. The van der Waals surface area contributed by atoms with Gasteiger partial charge in [0.05, 0.1) is 6.10 Å². The molecule has 0 unspecified atom stereocenters. The quantitative estimate of drug-likeness (QED) is 0.879. The lowest BCUT2D eigenvalue weighted by atomic mass is 10.1. The summed E-state index contributed by atoms with van der Waals surface area (Å²) < 4.78 is 10.3. The number of hydrogen-bond donors (Lipinski definition) is 1. The maximum atomic E-state index is 9.90. The van der Waals surface area contributed by atoms with Gasteiger partial charge in [-0.2, -0.15) is 0 Å². The largest absolute Gasteiger partial charge is 0.487 e. The Hall–Kier alpha value is -1.88. The van der Waals surface area contributed by atoms with E-state index < -0.39 is 6.10 Å². The molecule has 1 N–H and O–H groups in total. The van der Waals surface area contributed by atoms with Crippen LogP contribution in [0.1, 0.15) is 36.4 Å². The third kappa shape index (κ3) is 2.68. The van der Waals surface area contributed by atoms with E-state index in [2.05, 4.69) is 14.9 Å². The van der Waals surface area contributed by atoms with Crippen LogP contribution in [0.5, 0.6) is 5.75 Å². The zero-order chi connectivity index (χ0) is 13.0. The zero-order valence-electron chi connectivity index (χ0n) is 10.5. The highest BCUT2D eigenvalue weighted by atomic mass is 16.6. The fraction of sp³-hybridized carbons (Fsp3) is 0.385. The van der Waals surface area contributed by atoms with Crippen LogP contribution >= 0.6 is 0 Å². The van der Waals surface area contributed by atoms with Crippen LogP contribution in [0.2, 0.25) is 0 Å². The number of aromatic nitrogens is 2. The Bertz CT molecular complexity index is 510. The Morgan fingerprint density at radius 1 is 1.33 bits per heavy atom. The third-order valence-electron chi connectivity index (χ3n) is 2.78. The van der Waals surface area contributed by atoms with Crippen molar-refractivity contribution in [2.75, 3.05) is 0 Å². The van der Waals surface area contributed by atoms with E-state index in [4.69, 9.17) is 4.74 Å². The van der Waals surface area contributed by atoms with Crippen molar-refractivity contribution in [1.82, 2.24) is 10.3 Å². The van der Waals surface area contributed by atoms with Crippen molar-refractivity contribution in [2.45, 2.75) is 33.0 Å². The molecule has 0 amide bonds. The van der Waals surface area contributed by atoms with E-state index in [1.165, 1.54) is 0 Å². The highest BCUT2D eigenvalue weighted by molar-refractivity contribution is 5.35. The Labute approximate surface area is 105 Å². The summed E-state index contributed by atoms with van der Waals surface area (Å²) >= 11 is 0. The van der Waals surface area contributed by atoms with Gasteiger partial charge in [0, 0.05) is 5.56 Å². The van der Waals surface area contributed by atoms with Crippen molar-refractivity contribution in [2.24, 2.45) is 0 Å². The highest BCUT2D eigenvalue weighted by Gasteiger charge is 2.12. The minimum Gasteiger partial charge on any atom is -0.487 e. The number of rotatable bonds is 5. The molecule has 0 spiro atoms. The van der Waals surface area contributed by atoms with Crippen LogP contribution in [0.4, 0.5) is 0 Å². The van der Waals surface area contributed by atoms with Crippen LogP contribution in [-0.4, -0.2) is 15.4 Å². The molecule has 2 rings (SSSR count). The van der Waals surface area contributed by atoms with Gasteiger partial charge in [0.15, 0.2) is 0 Å². The highest BCUT2D eigenvalue weighted by Crippen LogP contribution is 2.27. The lowest BCUT2D eigenvalue weighted by Crippen LogP contribution is -2.03. The molecule has 1 heterocycles. The summed E-state index contributed by atoms with van der Waals surface area (Å²) in [6.07, 6.45) is 0.128. The first-order chi connectivity index (χ1) is 8.72. The molecule has 0 aliphatic rings. The smallest absolute Gasteiger partial charge is 0.145 e. The molecule has 5 heteroatoms. The zero-order valence-corrected chi connectivity index (χ0v) is 10.5. The van der Waals surface area contributed by atoms with E-state index in [0.717, 1.165) is 5.56 Å². The average molecular weight is 248 g/mol. The summed E-state index contributed by atoms with van der Waals surface area (Å²) in [7, 11) is 0. The second-order valence-electron chi connectivity index (χ2n) is 4.05. The predicted octanol–water partition coefficient (Wildman–Crippen LogP) is 2.40. The minimum atomic E-state index is -0.516. The molecule has 0 aliphatic heterocycles. The first kappa shape index (κ1) is 12.6. The van der Waals surface area contributed by atoms with E-state index in [1.54, 1.807) is 0 Å². The number of ether oxygens (including phenoxy) is 1. The van der Waals surface area contributed by atoms with E-state index >= 15 is 0 Å². The van der Waals surface area contributed by atoms with Gasteiger partial charge in [0.2, 0.25) is 0 Å². The summed E-state index contributed by atoms with van der Waals surface area (Å²) in [5.74, 6) is 0.661.